The Balaban J connectivity index is 0. The smallest absolute Gasteiger partial charge is 0.242 e. The number of nitrogens with zero attached hydrogens (tertiary/aromatic N) is 1. The molecule has 0 saturated carbocycles. The van der Waals surface area contributed by atoms with Crippen LogP contribution in [0.1, 0.15) is 39.3 Å². The second-order valence-corrected chi connectivity index (χ2v) is 5.24. The van der Waals surface area contributed by atoms with Crippen molar-refractivity contribution in [1.82, 2.24) is 15.5 Å². The quantitative estimate of drug-likeness (QED) is 0.708. The number of amides is 1. The molecule has 6 heteroatoms. The molecule has 0 aliphatic rings. The number of carbonyl (C=O) groups is 1. The summed E-state index contributed by atoms with van der Waals surface area (Å²) in [4.78, 5) is 14.8. The first-order chi connectivity index (χ1) is 10.1. The third kappa shape index (κ3) is 8.02. The van der Waals surface area contributed by atoms with Gasteiger partial charge in [-0.3, -0.25) is 9.69 Å². The molecule has 1 amide bonds. The fourth-order valence-corrected chi connectivity index (χ4v) is 2.52. The van der Waals surface area contributed by atoms with E-state index >= 15 is 0 Å². The van der Waals surface area contributed by atoms with Crippen molar-refractivity contribution in [1.29, 1.82) is 0 Å². The Morgan fingerprint density at radius 1 is 1.09 bits per heavy atom. The average molecular weight is 364 g/mol. The Kier molecular flexibility index (Phi) is 14.5. The molecule has 134 valence electrons. The van der Waals surface area contributed by atoms with Crippen molar-refractivity contribution in [3.05, 3.63) is 35.9 Å². The lowest BCUT2D eigenvalue weighted by molar-refractivity contribution is -0.126. The van der Waals surface area contributed by atoms with Gasteiger partial charge in [0.1, 0.15) is 6.04 Å². The molecule has 1 aromatic carbocycles. The molecule has 0 aliphatic heterocycles. The molecule has 0 radical (unpaired) electrons. The summed E-state index contributed by atoms with van der Waals surface area (Å²) in [6, 6.07) is 10.1. The van der Waals surface area contributed by atoms with Crippen molar-refractivity contribution in [3.63, 3.8) is 0 Å². The van der Waals surface area contributed by atoms with Crippen molar-refractivity contribution in [2.24, 2.45) is 0 Å². The second kappa shape index (κ2) is 13.6. The molecule has 0 aromatic heterocycles. The molecule has 2 N–H and O–H groups in total. The Morgan fingerprint density at radius 3 is 2.13 bits per heavy atom. The highest BCUT2D eigenvalue weighted by atomic mass is 35.5. The summed E-state index contributed by atoms with van der Waals surface area (Å²) in [5.74, 6) is 0.0784. The first-order valence-corrected chi connectivity index (χ1v) is 7.94. The van der Waals surface area contributed by atoms with Gasteiger partial charge in [-0.2, -0.15) is 0 Å². The van der Waals surface area contributed by atoms with Crippen LogP contribution in [-0.4, -0.2) is 43.0 Å². The normalized spacial score (nSPS) is 12.7. The predicted molar refractivity (Wildman–Crippen MR) is 103 cm³/mol. The number of hydrogen-bond acceptors (Lipinski definition) is 3. The van der Waals surface area contributed by atoms with Crippen LogP contribution in [0.5, 0.6) is 0 Å². The van der Waals surface area contributed by atoms with Crippen molar-refractivity contribution in [2.45, 2.75) is 39.8 Å². The van der Waals surface area contributed by atoms with E-state index in [0.717, 1.165) is 25.2 Å². The summed E-state index contributed by atoms with van der Waals surface area (Å²) in [5, 5.41) is 6.38. The molecule has 0 aliphatic carbocycles. The Labute approximate surface area is 153 Å². The van der Waals surface area contributed by atoms with Crippen LogP contribution in [0, 0.1) is 0 Å². The minimum atomic E-state index is -0.213. The van der Waals surface area contributed by atoms with Crippen molar-refractivity contribution < 1.29 is 4.79 Å². The minimum Gasteiger partial charge on any atom is -0.353 e. The topological polar surface area (TPSA) is 44.4 Å². The molecule has 1 unspecified atom stereocenters. The Hall–Kier alpha value is -0.810. The van der Waals surface area contributed by atoms with Crippen LogP contribution >= 0.6 is 24.8 Å². The zero-order valence-electron chi connectivity index (χ0n) is 14.5. The van der Waals surface area contributed by atoms with E-state index in [2.05, 4.69) is 43.2 Å². The van der Waals surface area contributed by atoms with Crippen LogP contribution in [0.2, 0.25) is 0 Å². The highest BCUT2D eigenvalue weighted by molar-refractivity contribution is 5.85. The third-order valence-corrected chi connectivity index (χ3v) is 3.68. The van der Waals surface area contributed by atoms with Crippen LogP contribution in [0.25, 0.3) is 0 Å². The monoisotopic (exact) mass is 363 g/mol. The molecular weight excluding hydrogens is 333 g/mol. The summed E-state index contributed by atoms with van der Waals surface area (Å²) in [6.45, 7) is 11.6. The number of rotatable bonds is 9. The molecule has 4 nitrogen and oxygen atoms in total. The Bertz CT molecular complexity index is 414. The van der Waals surface area contributed by atoms with Gasteiger partial charge in [0.25, 0.3) is 0 Å². The van der Waals surface area contributed by atoms with Crippen molar-refractivity contribution in [3.8, 4) is 0 Å². The second-order valence-electron chi connectivity index (χ2n) is 5.24. The molecule has 23 heavy (non-hydrogen) atoms. The average Bonchev–Trinajstić information content (AvgIpc) is 2.51. The van der Waals surface area contributed by atoms with E-state index in [4.69, 9.17) is 0 Å². The van der Waals surface area contributed by atoms with E-state index in [1.165, 1.54) is 0 Å². The standard InChI is InChI=1S/C17H29N3O.2ClH/c1-5-18-14(4)13-19-17(21)16(20(6-2)7-3)15-11-9-8-10-12-15;;/h8-12,14,16,18H,5-7,13H2,1-4H3,(H,19,21);2*1H/t14-,16?;;/m1../s1. The van der Waals surface area contributed by atoms with Gasteiger partial charge in [0.15, 0.2) is 0 Å². The third-order valence-electron chi connectivity index (χ3n) is 3.68. The number of likely N-dealkylation sites (N-methyl/N-ethyl adjacent to an activating group) is 2. The van der Waals surface area contributed by atoms with Gasteiger partial charge in [-0.25, -0.2) is 0 Å². The maximum absolute atomic E-state index is 12.6. The summed E-state index contributed by atoms with van der Waals surface area (Å²) in [5.41, 5.74) is 1.05. The van der Waals surface area contributed by atoms with E-state index < -0.39 is 0 Å². The van der Waals surface area contributed by atoms with Gasteiger partial charge in [0.2, 0.25) is 5.91 Å². The summed E-state index contributed by atoms with van der Waals surface area (Å²) in [7, 11) is 0. The van der Waals surface area contributed by atoms with Crippen LogP contribution in [-0.2, 0) is 4.79 Å². The number of carbonyl (C=O) groups excluding carboxylic acids is 1. The van der Waals surface area contributed by atoms with Gasteiger partial charge in [-0.05, 0) is 32.1 Å². The first-order valence-electron chi connectivity index (χ1n) is 7.94. The largest absolute Gasteiger partial charge is 0.353 e. The van der Waals surface area contributed by atoms with Crippen LogP contribution in [0.4, 0.5) is 0 Å². The number of nitrogens with one attached hydrogen (secondary N) is 2. The molecule has 1 rings (SSSR count). The number of halogens is 2. The van der Waals surface area contributed by atoms with Gasteiger partial charge in [0.05, 0.1) is 0 Å². The van der Waals surface area contributed by atoms with E-state index in [1.807, 2.05) is 30.3 Å². The Morgan fingerprint density at radius 2 is 1.65 bits per heavy atom. The molecule has 0 spiro atoms. The highest BCUT2D eigenvalue weighted by Gasteiger charge is 2.25. The molecular formula is C17H31Cl2N3O. The fraction of sp³-hybridized carbons (Fsp3) is 0.588. The lowest BCUT2D eigenvalue weighted by atomic mass is 10.0. The summed E-state index contributed by atoms with van der Waals surface area (Å²) < 4.78 is 0. The van der Waals surface area contributed by atoms with Crippen LogP contribution in [0.3, 0.4) is 0 Å². The first kappa shape index (κ1) is 24.4. The van der Waals surface area contributed by atoms with Crippen LogP contribution < -0.4 is 10.6 Å². The van der Waals surface area contributed by atoms with Gasteiger partial charge in [-0.1, -0.05) is 51.1 Å². The fourth-order valence-electron chi connectivity index (χ4n) is 2.52. The molecule has 0 heterocycles. The van der Waals surface area contributed by atoms with E-state index in [-0.39, 0.29) is 42.8 Å². The van der Waals surface area contributed by atoms with Crippen molar-refractivity contribution >= 4 is 30.7 Å². The maximum atomic E-state index is 12.6. The van der Waals surface area contributed by atoms with Gasteiger partial charge in [0, 0.05) is 12.6 Å². The number of hydrogen-bond donors (Lipinski definition) is 2. The zero-order chi connectivity index (χ0) is 15.7. The van der Waals surface area contributed by atoms with Gasteiger partial charge < -0.3 is 10.6 Å². The molecule has 0 saturated heterocycles. The van der Waals surface area contributed by atoms with Crippen LogP contribution in [0.15, 0.2) is 30.3 Å². The van der Waals surface area contributed by atoms with E-state index in [0.29, 0.717) is 6.54 Å². The molecule has 2 atom stereocenters. The summed E-state index contributed by atoms with van der Waals surface area (Å²) in [6.07, 6.45) is 0. The van der Waals surface area contributed by atoms with Crippen molar-refractivity contribution in [2.75, 3.05) is 26.2 Å². The van der Waals surface area contributed by atoms with E-state index in [1.54, 1.807) is 0 Å². The SMILES string of the molecule is CCN[C@H](C)CNC(=O)C(c1ccccc1)N(CC)CC.Cl.Cl. The maximum Gasteiger partial charge on any atom is 0.242 e. The zero-order valence-corrected chi connectivity index (χ0v) is 16.2. The molecule has 0 fully saturated rings. The lowest BCUT2D eigenvalue weighted by Gasteiger charge is -2.29. The lowest BCUT2D eigenvalue weighted by Crippen LogP contribution is -2.45. The molecule has 0 bridgehead atoms. The van der Waals surface area contributed by atoms with E-state index in [9.17, 15) is 4.79 Å². The highest BCUT2D eigenvalue weighted by Crippen LogP contribution is 2.20. The minimum absolute atomic E-state index is 0. The summed E-state index contributed by atoms with van der Waals surface area (Å²) >= 11 is 0. The van der Waals surface area contributed by atoms with Gasteiger partial charge in [-0.15, -0.1) is 24.8 Å². The predicted octanol–water partition coefficient (Wildman–Crippen LogP) is 3.03. The van der Waals surface area contributed by atoms with Gasteiger partial charge >= 0.3 is 0 Å². The number of benzene rings is 1. The molecule has 1 aromatic rings.